The molecule has 0 atom stereocenters. The topological polar surface area (TPSA) is 20.2 Å². The number of aromatic hydroxyl groups is 1. The van der Waals surface area contributed by atoms with Crippen molar-refractivity contribution < 1.29 is 5.11 Å². The molecule has 0 aromatic heterocycles. The summed E-state index contributed by atoms with van der Waals surface area (Å²) in [6, 6.07) is 5.50. The standard InChI is InChI=1S/C6H3Cl2O/c7-4-1-2-5(8)6(9)3-4/h1-2,9H. The van der Waals surface area contributed by atoms with Crippen LogP contribution in [0.25, 0.3) is 0 Å². The van der Waals surface area contributed by atoms with Crippen molar-refractivity contribution in [2.45, 2.75) is 0 Å². The minimum atomic E-state index is -0.107. The smallest absolute Gasteiger partial charge is 0.143 e. The van der Waals surface area contributed by atoms with Gasteiger partial charge in [-0.05, 0) is 12.1 Å². The van der Waals surface area contributed by atoms with Crippen molar-refractivity contribution in [1.82, 2.24) is 0 Å². The number of halogens is 2. The fourth-order valence-corrected chi connectivity index (χ4v) is 0.702. The number of phenolic OH excluding ortho intramolecular Hbond substituents is 1. The first-order valence-electron chi connectivity index (χ1n) is 2.26. The van der Waals surface area contributed by atoms with Crippen molar-refractivity contribution in [3.8, 4) is 5.75 Å². The van der Waals surface area contributed by atoms with E-state index in [0.29, 0.717) is 5.02 Å². The summed E-state index contributed by atoms with van der Waals surface area (Å²) in [5.74, 6) is -0.107. The molecular formula is C6H3Cl2O. The maximum atomic E-state index is 8.83. The minimum absolute atomic E-state index is 0.107. The second-order valence-electron chi connectivity index (χ2n) is 1.50. The van der Waals surface area contributed by atoms with Gasteiger partial charge in [-0.2, -0.15) is 0 Å². The molecule has 0 aliphatic heterocycles. The van der Waals surface area contributed by atoms with Crippen LogP contribution >= 0.6 is 23.2 Å². The van der Waals surface area contributed by atoms with Crippen LogP contribution in [0.5, 0.6) is 5.75 Å². The monoisotopic (exact) mass is 161 g/mol. The molecule has 1 radical (unpaired) electrons. The lowest BCUT2D eigenvalue weighted by atomic mass is 10.3. The van der Waals surface area contributed by atoms with Gasteiger partial charge in [0.05, 0.1) is 10.0 Å². The predicted molar refractivity (Wildman–Crippen MR) is 37.0 cm³/mol. The van der Waals surface area contributed by atoms with E-state index in [1.807, 2.05) is 0 Å². The average molecular weight is 162 g/mol. The van der Waals surface area contributed by atoms with Crippen molar-refractivity contribution in [3.05, 3.63) is 28.2 Å². The van der Waals surface area contributed by atoms with Crippen LogP contribution in [0, 0.1) is 6.07 Å². The van der Waals surface area contributed by atoms with Crippen LogP contribution in [0.1, 0.15) is 0 Å². The van der Waals surface area contributed by atoms with Gasteiger partial charge in [-0.3, -0.25) is 0 Å². The molecule has 0 fully saturated rings. The van der Waals surface area contributed by atoms with Crippen molar-refractivity contribution in [2.75, 3.05) is 0 Å². The van der Waals surface area contributed by atoms with E-state index in [1.165, 1.54) is 6.07 Å². The van der Waals surface area contributed by atoms with Gasteiger partial charge in [-0.15, -0.1) is 0 Å². The highest BCUT2D eigenvalue weighted by Crippen LogP contribution is 2.24. The summed E-state index contributed by atoms with van der Waals surface area (Å²) in [5.41, 5.74) is 0. The highest BCUT2D eigenvalue weighted by atomic mass is 35.5. The molecule has 47 valence electrons. The lowest BCUT2D eigenvalue weighted by Crippen LogP contribution is -1.67. The van der Waals surface area contributed by atoms with Gasteiger partial charge in [0.15, 0.2) is 0 Å². The molecule has 1 nitrogen and oxygen atoms in total. The third kappa shape index (κ3) is 1.50. The van der Waals surface area contributed by atoms with E-state index in [4.69, 9.17) is 28.3 Å². The van der Waals surface area contributed by atoms with Gasteiger partial charge in [0.1, 0.15) is 5.75 Å². The van der Waals surface area contributed by atoms with Gasteiger partial charge in [-0.25, -0.2) is 0 Å². The van der Waals surface area contributed by atoms with E-state index in [2.05, 4.69) is 6.07 Å². The maximum Gasteiger partial charge on any atom is 0.143 e. The summed E-state index contributed by atoms with van der Waals surface area (Å²) < 4.78 is 0. The Hall–Kier alpha value is -0.400. The largest absolute Gasteiger partial charge is 0.506 e. The Balaban J connectivity index is 3.17. The van der Waals surface area contributed by atoms with Gasteiger partial charge >= 0.3 is 0 Å². The second-order valence-corrected chi connectivity index (χ2v) is 2.32. The lowest BCUT2D eigenvalue weighted by molar-refractivity contribution is 0.474. The summed E-state index contributed by atoms with van der Waals surface area (Å²) >= 11 is 10.9. The van der Waals surface area contributed by atoms with Crippen LogP contribution in [0.2, 0.25) is 10.0 Å². The number of rotatable bonds is 0. The zero-order valence-electron chi connectivity index (χ0n) is 4.36. The highest BCUT2D eigenvalue weighted by Gasteiger charge is 1.96. The molecule has 3 heteroatoms. The number of hydrogen-bond acceptors (Lipinski definition) is 1. The van der Waals surface area contributed by atoms with Gasteiger partial charge in [0.25, 0.3) is 0 Å². The van der Waals surface area contributed by atoms with Crippen molar-refractivity contribution in [3.63, 3.8) is 0 Å². The normalized spacial score (nSPS) is 9.56. The SMILES string of the molecule is Oc1[c]c(Cl)ccc1Cl. The zero-order chi connectivity index (χ0) is 6.85. The molecule has 0 amide bonds. The van der Waals surface area contributed by atoms with Gasteiger partial charge in [0.2, 0.25) is 0 Å². The Bertz CT molecular complexity index is 222. The first kappa shape index (κ1) is 6.72. The molecule has 1 aromatic rings. The van der Waals surface area contributed by atoms with Crippen molar-refractivity contribution in [1.29, 1.82) is 0 Å². The summed E-state index contributed by atoms with van der Waals surface area (Å²) in [6.45, 7) is 0. The van der Waals surface area contributed by atoms with Crippen LogP contribution in [0.15, 0.2) is 12.1 Å². The Kier molecular flexibility index (Phi) is 1.84. The van der Waals surface area contributed by atoms with Crippen molar-refractivity contribution >= 4 is 23.2 Å². The highest BCUT2D eigenvalue weighted by molar-refractivity contribution is 6.33. The molecule has 0 saturated carbocycles. The molecule has 0 aliphatic rings. The number of hydrogen-bond donors (Lipinski definition) is 1. The molecule has 0 saturated heterocycles. The molecule has 9 heavy (non-hydrogen) atoms. The molecule has 0 spiro atoms. The summed E-state index contributed by atoms with van der Waals surface area (Å²) in [7, 11) is 0. The second kappa shape index (κ2) is 2.46. The van der Waals surface area contributed by atoms with E-state index in [-0.39, 0.29) is 10.8 Å². The molecule has 0 heterocycles. The first-order chi connectivity index (χ1) is 4.20. The third-order valence-electron chi connectivity index (χ3n) is 0.840. The zero-order valence-corrected chi connectivity index (χ0v) is 5.87. The van der Waals surface area contributed by atoms with Crippen molar-refractivity contribution in [2.24, 2.45) is 0 Å². The fraction of sp³-hybridized carbons (Fsp3) is 0. The van der Waals surface area contributed by atoms with Crippen LogP contribution in [0.4, 0.5) is 0 Å². The Labute approximate surface area is 62.8 Å². The summed E-state index contributed by atoms with van der Waals surface area (Å²) in [4.78, 5) is 0. The van der Waals surface area contributed by atoms with E-state index >= 15 is 0 Å². The molecule has 0 aliphatic carbocycles. The lowest BCUT2D eigenvalue weighted by Gasteiger charge is -1.92. The van der Waals surface area contributed by atoms with Crippen LogP contribution < -0.4 is 0 Å². The molecular weight excluding hydrogens is 159 g/mol. The maximum absolute atomic E-state index is 8.83. The van der Waals surface area contributed by atoms with E-state index in [1.54, 1.807) is 6.07 Å². The quantitative estimate of drug-likeness (QED) is 0.621. The predicted octanol–water partition coefficient (Wildman–Crippen LogP) is 2.50. The van der Waals surface area contributed by atoms with Crippen LogP contribution in [0.3, 0.4) is 0 Å². The Morgan fingerprint density at radius 2 is 2.00 bits per heavy atom. The molecule has 0 bridgehead atoms. The summed E-state index contributed by atoms with van der Waals surface area (Å²) in [5, 5.41) is 9.45. The van der Waals surface area contributed by atoms with E-state index in [0.717, 1.165) is 0 Å². The minimum Gasteiger partial charge on any atom is -0.506 e. The molecule has 1 N–H and O–H groups in total. The van der Waals surface area contributed by atoms with Gasteiger partial charge in [0, 0.05) is 6.07 Å². The Morgan fingerprint density at radius 3 is 2.44 bits per heavy atom. The van der Waals surface area contributed by atoms with Gasteiger partial charge in [-0.1, -0.05) is 23.2 Å². The van der Waals surface area contributed by atoms with Crippen LogP contribution in [-0.4, -0.2) is 5.11 Å². The van der Waals surface area contributed by atoms with E-state index in [9.17, 15) is 0 Å². The first-order valence-corrected chi connectivity index (χ1v) is 3.02. The van der Waals surface area contributed by atoms with E-state index < -0.39 is 0 Å². The average Bonchev–Trinajstić information content (AvgIpc) is 1.80. The third-order valence-corrected chi connectivity index (χ3v) is 1.37. The fourth-order valence-electron chi connectivity index (χ4n) is 0.440. The van der Waals surface area contributed by atoms with Crippen LogP contribution in [-0.2, 0) is 0 Å². The van der Waals surface area contributed by atoms with Gasteiger partial charge < -0.3 is 5.11 Å². The molecule has 1 rings (SSSR count). The number of benzene rings is 1. The molecule has 0 unspecified atom stereocenters. The Morgan fingerprint density at radius 1 is 1.33 bits per heavy atom. The molecule has 1 aromatic carbocycles. The number of phenols is 1. The summed E-state index contributed by atoms with van der Waals surface area (Å²) in [6.07, 6.45) is 0.